The van der Waals surface area contributed by atoms with E-state index in [1.54, 1.807) is 0 Å². The quantitative estimate of drug-likeness (QED) is 0.841. The van der Waals surface area contributed by atoms with Crippen LogP contribution in [0.25, 0.3) is 0 Å². The predicted molar refractivity (Wildman–Crippen MR) is 74.5 cm³/mol. The molecular formula is C15H10F3N3O3. The number of carboxylic acids is 1. The summed E-state index contributed by atoms with van der Waals surface area (Å²) in [6.07, 6.45) is -2.79. The summed E-state index contributed by atoms with van der Waals surface area (Å²) in [7, 11) is 0. The molecular weight excluding hydrogens is 327 g/mol. The number of H-pyrrole nitrogens is 1. The van der Waals surface area contributed by atoms with Crippen LogP contribution in [0.1, 0.15) is 34.5 Å². The highest BCUT2D eigenvalue weighted by molar-refractivity contribution is 5.87. The van der Waals surface area contributed by atoms with Gasteiger partial charge in [0, 0.05) is 11.5 Å². The van der Waals surface area contributed by atoms with E-state index in [1.807, 2.05) is 0 Å². The van der Waals surface area contributed by atoms with Gasteiger partial charge in [0.25, 0.3) is 5.88 Å². The van der Waals surface area contributed by atoms with E-state index >= 15 is 0 Å². The number of hydrogen-bond acceptors (Lipinski definition) is 4. The summed E-state index contributed by atoms with van der Waals surface area (Å²) in [5.74, 6) is 3.78. The number of rotatable bonds is 3. The third-order valence-electron chi connectivity index (χ3n) is 3.22. The minimum atomic E-state index is -4.55. The number of aromatic amines is 1. The molecule has 2 N–H and O–H groups in total. The van der Waals surface area contributed by atoms with Crippen LogP contribution in [0.5, 0.6) is 11.6 Å². The number of nitrogens with one attached hydrogen (secondary N) is 1. The number of hydrogen-bond donors (Lipinski definition) is 2. The molecule has 0 spiro atoms. The van der Waals surface area contributed by atoms with Crippen molar-refractivity contribution in [3.63, 3.8) is 0 Å². The van der Waals surface area contributed by atoms with E-state index < -0.39 is 23.4 Å². The summed E-state index contributed by atoms with van der Waals surface area (Å²) in [4.78, 5) is 10.9. The summed E-state index contributed by atoms with van der Waals surface area (Å²) >= 11 is 0. The van der Waals surface area contributed by atoms with E-state index in [4.69, 9.17) is 9.84 Å². The number of carbonyl (C=O) groups is 1. The molecule has 1 aliphatic rings. The molecule has 0 unspecified atom stereocenters. The topological polar surface area (TPSA) is 88.1 Å². The summed E-state index contributed by atoms with van der Waals surface area (Å²) < 4.78 is 44.4. The van der Waals surface area contributed by atoms with E-state index in [9.17, 15) is 18.0 Å². The number of carboxylic acid groups (broad SMARTS) is 1. The van der Waals surface area contributed by atoms with E-state index in [1.165, 1.54) is 0 Å². The lowest BCUT2D eigenvalue weighted by Gasteiger charge is -2.11. The van der Waals surface area contributed by atoms with Gasteiger partial charge in [-0.05, 0) is 31.0 Å². The van der Waals surface area contributed by atoms with Crippen molar-refractivity contribution < 1.29 is 27.8 Å². The summed E-state index contributed by atoms with van der Waals surface area (Å²) in [6, 6.07) is 3.04. The molecule has 1 aliphatic carbocycles. The van der Waals surface area contributed by atoms with Gasteiger partial charge in [-0.25, -0.2) is 9.89 Å². The maximum atomic E-state index is 13.1. The van der Waals surface area contributed by atoms with Gasteiger partial charge in [0.1, 0.15) is 5.75 Å². The fraction of sp³-hybridized carbons (Fsp3) is 0.267. The third kappa shape index (κ3) is 3.48. The lowest BCUT2D eigenvalue weighted by Crippen LogP contribution is -2.08. The molecule has 0 saturated heterocycles. The Balaban J connectivity index is 1.95. The van der Waals surface area contributed by atoms with Gasteiger partial charge in [-0.3, -0.25) is 0 Å². The monoisotopic (exact) mass is 337 g/mol. The second-order valence-electron chi connectivity index (χ2n) is 5.15. The van der Waals surface area contributed by atoms with Crippen LogP contribution >= 0.6 is 0 Å². The van der Waals surface area contributed by atoms with Crippen molar-refractivity contribution in [2.24, 2.45) is 5.92 Å². The Labute approximate surface area is 133 Å². The molecule has 24 heavy (non-hydrogen) atoms. The number of nitrogens with zero attached hydrogens (tertiary/aromatic N) is 2. The van der Waals surface area contributed by atoms with Crippen LogP contribution in [-0.4, -0.2) is 26.5 Å². The van der Waals surface area contributed by atoms with Gasteiger partial charge in [-0.1, -0.05) is 17.1 Å². The molecule has 2 aromatic rings. The number of benzene rings is 1. The third-order valence-corrected chi connectivity index (χ3v) is 3.22. The minimum Gasteiger partial charge on any atom is -0.476 e. The standard InChI is InChI=1S/C15H10F3N3O3/c16-15(17,18)11-6-5-10(7-9(11)4-3-8-1-2-8)24-13-12(14(22)23)19-21-20-13/h5-8H,1-2H2,(H,22,23)(H,19,20,21). The van der Waals surface area contributed by atoms with Crippen LogP contribution in [0.3, 0.4) is 0 Å². The zero-order valence-electron chi connectivity index (χ0n) is 12.0. The van der Waals surface area contributed by atoms with Crippen molar-refractivity contribution in [1.82, 2.24) is 15.4 Å². The van der Waals surface area contributed by atoms with E-state index in [0.29, 0.717) is 0 Å². The molecule has 0 aliphatic heterocycles. The first-order chi connectivity index (χ1) is 11.3. The zero-order valence-corrected chi connectivity index (χ0v) is 12.0. The summed E-state index contributed by atoms with van der Waals surface area (Å²) in [5.41, 5.74) is -1.57. The highest BCUT2D eigenvalue weighted by Crippen LogP contribution is 2.35. The van der Waals surface area contributed by atoms with Gasteiger partial charge in [0.15, 0.2) is 0 Å². The second kappa shape index (κ2) is 5.88. The van der Waals surface area contributed by atoms with Crippen LogP contribution in [-0.2, 0) is 6.18 Å². The Morgan fingerprint density at radius 3 is 2.75 bits per heavy atom. The zero-order chi connectivity index (χ0) is 17.3. The van der Waals surface area contributed by atoms with Crippen LogP contribution in [0.15, 0.2) is 18.2 Å². The molecule has 1 aromatic heterocycles. The maximum Gasteiger partial charge on any atom is 0.417 e. The number of ether oxygens (including phenoxy) is 1. The van der Waals surface area contributed by atoms with Crippen molar-refractivity contribution >= 4 is 5.97 Å². The van der Waals surface area contributed by atoms with Gasteiger partial charge >= 0.3 is 12.1 Å². The molecule has 124 valence electrons. The minimum absolute atomic E-state index is 0.00310. The molecule has 0 radical (unpaired) electrons. The van der Waals surface area contributed by atoms with Crippen LogP contribution < -0.4 is 4.74 Å². The van der Waals surface area contributed by atoms with Crippen LogP contribution in [0.2, 0.25) is 0 Å². The van der Waals surface area contributed by atoms with Gasteiger partial charge in [-0.15, -0.1) is 5.10 Å². The van der Waals surface area contributed by atoms with E-state index in [2.05, 4.69) is 27.3 Å². The molecule has 0 atom stereocenters. The van der Waals surface area contributed by atoms with Crippen LogP contribution in [0, 0.1) is 17.8 Å². The second-order valence-corrected chi connectivity index (χ2v) is 5.15. The van der Waals surface area contributed by atoms with E-state index in [-0.39, 0.29) is 23.1 Å². The first kappa shape index (κ1) is 15.9. The molecule has 6 nitrogen and oxygen atoms in total. The molecule has 1 saturated carbocycles. The Morgan fingerprint density at radius 2 is 2.12 bits per heavy atom. The van der Waals surface area contributed by atoms with Gasteiger partial charge in [0.2, 0.25) is 5.69 Å². The normalized spacial score (nSPS) is 14.0. The van der Waals surface area contributed by atoms with Gasteiger partial charge in [-0.2, -0.15) is 13.2 Å². The lowest BCUT2D eigenvalue weighted by atomic mass is 10.1. The van der Waals surface area contributed by atoms with E-state index in [0.717, 1.165) is 31.0 Å². The molecule has 0 amide bonds. The Kier molecular flexibility index (Phi) is 3.89. The first-order valence-corrected chi connectivity index (χ1v) is 6.89. The first-order valence-electron chi connectivity index (χ1n) is 6.89. The molecule has 1 aromatic carbocycles. The average Bonchev–Trinajstić information content (AvgIpc) is 3.21. The van der Waals surface area contributed by atoms with Gasteiger partial charge < -0.3 is 9.84 Å². The fourth-order valence-corrected chi connectivity index (χ4v) is 1.89. The largest absolute Gasteiger partial charge is 0.476 e. The molecule has 1 heterocycles. The number of halogens is 3. The Bertz CT molecular complexity index is 845. The fourth-order valence-electron chi connectivity index (χ4n) is 1.89. The highest BCUT2D eigenvalue weighted by atomic mass is 19.4. The molecule has 3 rings (SSSR count). The lowest BCUT2D eigenvalue weighted by molar-refractivity contribution is -0.137. The smallest absolute Gasteiger partial charge is 0.417 e. The molecule has 0 bridgehead atoms. The van der Waals surface area contributed by atoms with Crippen molar-refractivity contribution in [2.45, 2.75) is 19.0 Å². The summed E-state index contributed by atoms with van der Waals surface area (Å²) in [6.45, 7) is 0. The summed E-state index contributed by atoms with van der Waals surface area (Å²) in [5, 5.41) is 17.8. The number of aromatic carboxylic acids is 1. The molecule has 1 fully saturated rings. The Morgan fingerprint density at radius 1 is 1.38 bits per heavy atom. The number of aromatic nitrogens is 3. The highest BCUT2D eigenvalue weighted by Gasteiger charge is 2.33. The van der Waals surface area contributed by atoms with Crippen molar-refractivity contribution in [2.75, 3.05) is 0 Å². The Hall–Kier alpha value is -3.02. The van der Waals surface area contributed by atoms with Crippen LogP contribution in [0.4, 0.5) is 13.2 Å². The number of alkyl halides is 3. The maximum absolute atomic E-state index is 13.1. The predicted octanol–water partition coefficient (Wildman–Crippen LogP) is 3.08. The van der Waals surface area contributed by atoms with Crippen molar-refractivity contribution in [3.8, 4) is 23.5 Å². The van der Waals surface area contributed by atoms with Crippen molar-refractivity contribution in [1.29, 1.82) is 0 Å². The van der Waals surface area contributed by atoms with Crippen molar-refractivity contribution in [3.05, 3.63) is 35.0 Å². The average molecular weight is 337 g/mol. The van der Waals surface area contributed by atoms with Gasteiger partial charge in [0.05, 0.1) is 5.56 Å². The SMILES string of the molecule is O=C(O)c1nn[nH]c1Oc1ccc(C(F)(F)F)c(C#CC2CC2)c1. The molecule has 9 heteroatoms.